The lowest BCUT2D eigenvalue weighted by molar-refractivity contribution is 0.0944. The highest BCUT2D eigenvalue weighted by molar-refractivity contribution is 6.32. The number of ether oxygens (including phenoxy) is 1. The summed E-state index contributed by atoms with van der Waals surface area (Å²) in [7, 11) is 0. The Labute approximate surface area is 239 Å². The lowest BCUT2D eigenvalue weighted by Crippen LogP contribution is -2.24. The van der Waals surface area contributed by atoms with Crippen molar-refractivity contribution in [2.45, 2.75) is 60.0 Å². The van der Waals surface area contributed by atoms with Crippen LogP contribution in [-0.4, -0.2) is 33.7 Å². The fourth-order valence-electron chi connectivity index (χ4n) is 4.05. The molecule has 1 amide bonds. The van der Waals surface area contributed by atoms with Crippen LogP contribution >= 0.6 is 11.6 Å². The number of carbonyl (C=O) groups is 1. The predicted molar refractivity (Wildman–Crippen MR) is 159 cm³/mol. The second-order valence-corrected chi connectivity index (χ2v) is 10.2. The van der Waals surface area contributed by atoms with Gasteiger partial charge in [-0.3, -0.25) is 4.79 Å². The molecule has 210 valence electrons. The molecule has 40 heavy (non-hydrogen) atoms. The third kappa shape index (κ3) is 7.30. The van der Waals surface area contributed by atoms with Gasteiger partial charge in [0, 0.05) is 23.9 Å². The number of unbranched alkanes of at least 4 members (excludes halogenated alkanes) is 2. The van der Waals surface area contributed by atoms with Crippen molar-refractivity contribution in [3.05, 3.63) is 70.5 Å². The Hall–Kier alpha value is -4.11. The molecule has 0 bridgehead atoms. The largest absolute Gasteiger partial charge is 0.489 e. The van der Waals surface area contributed by atoms with E-state index in [1.54, 1.807) is 6.07 Å². The Morgan fingerprint density at radius 3 is 2.60 bits per heavy atom. The maximum atomic E-state index is 12.5. The third-order valence-corrected chi connectivity index (χ3v) is 6.43. The first-order chi connectivity index (χ1) is 19.2. The number of aryl methyl sites for hydroxylation is 2. The van der Waals surface area contributed by atoms with Gasteiger partial charge in [-0.1, -0.05) is 54.7 Å². The van der Waals surface area contributed by atoms with E-state index in [4.69, 9.17) is 20.9 Å². The van der Waals surface area contributed by atoms with E-state index in [0.29, 0.717) is 40.5 Å². The molecule has 0 aliphatic rings. The van der Waals surface area contributed by atoms with Crippen LogP contribution in [0.1, 0.15) is 61.6 Å². The fourth-order valence-corrected chi connectivity index (χ4v) is 4.19. The molecule has 0 saturated carbocycles. The highest BCUT2D eigenvalue weighted by atomic mass is 35.5. The molecule has 2 aromatic carbocycles. The van der Waals surface area contributed by atoms with E-state index in [2.05, 4.69) is 38.0 Å². The van der Waals surface area contributed by atoms with E-state index in [-0.39, 0.29) is 17.7 Å². The Morgan fingerprint density at radius 1 is 1.05 bits per heavy atom. The standard InChI is InChI=1S/C30H35ClN6O3/c1-6-7-10-13-32-29(38)25-16-26(40-37-25)21-15-24(27(14-20(21)5)39-18(2)3)35-30-33-17-22(31)28(36-30)34-23-12-9-8-11-19(23)4/h8-9,11-12,14-18H,6-7,10,13H2,1-5H3,(H,32,38)(H2,33,34,35,36). The molecule has 4 rings (SSSR count). The first-order valence-corrected chi connectivity index (χ1v) is 13.8. The van der Waals surface area contributed by atoms with Crippen molar-refractivity contribution in [2.24, 2.45) is 0 Å². The minimum Gasteiger partial charge on any atom is -0.489 e. The second kappa shape index (κ2) is 13.3. The third-order valence-electron chi connectivity index (χ3n) is 6.15. The maximum Gasteiger partial charge on any atom is 0.273 e. The van der Waals surface area contributed by atoms with Gasteiger partial charge in [-0.15, -0.1) is 0 Å². The van der Waals surface area contributed by atoms with Gasteiger partial charge in [-0.25, -0.2) is 4.98 Å². The van der Waals surface area contributed by atoms with Crippen LogP contribution < -0.4 is 20.7 Å². The molecule has 0 aliphatic heterocycles. The van der Waals surface area contributed by atoms with Gasteiger partial charge in [0.25, 0.3) is 5.91 Å². The lowest BCUT2D eigenvalue weighted by atomic mass is 10.0. The number of carbonyl (C=O) groups excluding carboxylic acids is 1. The molecular formula is C30H35ClN6O3. The van der Waals surface area contributed by atoms with Gasteiger partial charge in [0.15, 0.2) is 17.3 Å². The molecule has 0 aliphatic carbocycles. The van der Waals surface area contributed by atoms with Crippen LogP contribution in [0.5, 0.6) is 5.75 Å². The van der Waals surface area contributed by atoms with Crippen LogP contribution in [0.15, 0.2) is 53.2 Å². The normalized spacial score (nSPS) is 11.0. The maximum absolute atomic E-state index is 12.5. The number of anilines is 4. The molecule has 3 N–H and O–H groups in total. The number of hydrogen-bond acceptors (Lipinski definition) is 8. The molecule has 10 heteroatoms. The molecule has 0 unspecified atom stereocenters. The average molecular weight is 563 g/mol. The quantitative estimate of drug-likeness (QED) is 0.151. The zero-order valence-corrected chi connectivity index (χ0v) is 24.2. The molecular weight excluding hydrogens is 528 g/mol. The fraction of sp³-hybridized carbons (Fsp3) is 0.333. The van der Waals surface area contributed by atoms with Gasteiger partial charge in [0.05, 0.1) is 18.0 Å². The number of benzene rings is 2. The Morgan fingerprint density at radius 2 is 1.85 bits per heavy atom. The number of halogens is 1. The van der Waals surface area contributed by atoms with Crippen molar-refractivity contribution in [3.8, 4) is 17.1 Å². The van der Waals surface area contributed by atoms with Crippen LogP contribution in [0.3, 0.4) is 0 Å². The van der Waals surface area contributed by atoms with Crippen molar-refractivity contribution < 1.29 is 14.1 Å². The van der Waals surface area contributed by atoms with Gasteiger partial charge in [-0.05, 0) is 63.4 Å². The molecule has 0 atom stereocenters. The summed E-state index contributed by atoms with van der Waals surface area (Å²) in [5.74, 6) is 1.63. The monoisotopic (exact) mass is 562 g/mol. The van der Waals surface area contributed by atoms with Crippen molar-refractivity contribution in [3.63, 3.8) is 0 Å². The molecule has 0 radical (unpaired) electrons. The zero-order valence-electron chi connectivity index (χ0n) is 23.5. The summed E-state index contributed by atoms with van der Waals surface area (Å²) < 4.78 is 11.7. The van der Waals surface area contributed by atoms with Crippen molar-refractivity contribution in [1.29, 1.82) is 0 Å². The second-order valence-electron chi connectivity index (χ2n) is 9.82. The topological polar surface area (TPSA) is 114 Å². The summed E-state index contributed by atoms with van der Waals surface area (Å²) in [6, 6.07) is 13.3. The first-order valence-electron chi connectivity index (χ1n) is 13.4. The van der Waals surface area contributed by atoms with Gasteiger partial charge < -0.3 is 25.2 Å². The molecule has 9 nitrogen and oxygen atoms in total. The summed E-state index contributed by atoms with van der Waals surface area (Å²) in [6.07, 6.45) is 4.54. The van der Waals surface area contributed by atoms with Gasteiger partial charge in [-0.2, -0.15) is 4.98 Å². The molecule has 0 saturated heterocycles. The number of amides is 1. The van der Waals surface area contributed by atoms with E-state index in [0.717, 1.165) is 41.6 Å². The minimum absolute atomic E-state index is 0.0662. The summed E-state index contributed by atoms with van der Waals surface area (Å²) in [6.45, 7) is 10.6. The molecule has 0 fully saturated rings. The Bertz CT molecular complexity index is 1470. The smallest absolute Gasteiger partial charge is 0.273 e. The van der Waals surface area contributed by atoms with Gasteiger partial charge in [0.2, 0.25) is 5.95 Å². The number of rotatable bonds is 12. The first kappa shape index (κ1) is 28.9. The number of para-hydroxylation sites is 1. The van der Waals surface area contributed by atoms with E-state index in [1.165, 1.54) is 6.20 Å². The number of nitrogens with one attached hydrogen (secondary N) is 3. The Kier molecular flexibility index (Phi) is 9.60. The molecule has 0 spiro atoms. The lowest BCUT2D eigenvalue weighted by Gasteiger charge is -2.18. The van der Waals surface area contributed by atoms with Crippen LogP contribution in [0.2, 0.25) is 5.02 Å². The van der Waals surface area contributed by atoms with Gasteiger partial charge >= 0.3 is 0 Å². The zero-order chi connectivity index (χ0) is 28.6. The number of nitrogens with zero attached hydrogens (tertiary/aromatic N) is 3. The van der Waals surface area contributed by atoms with Crippen LogP contribution in [-0.2, 0) is 0 Å². The van der Waals surface area contributed by atoms with Crippen LogP contribution in [0.4, 0.5) is 23.1 Å². The van der Waals surface area contributed by atoms with Crippen molar-refractivity contribution >= 4 is 40.6 Å². The minimum atomic E-state index is -0.259. The van der Waals surface area contributed by atoms with Crippen LogP contribution in [0.25, 0.3) is 11.3 Å². The highest BCUT2D eigenvalue weighted by Gasteiger charge is 2.19. The summed E-state index contributed by atoms with van der Waals surface area (Å²) in [4.78, 5) is 21.5. The van der Waals surface area contributed by atoms with E-state index in [9.17, 15) is 4.79 Å². The van der Waals surface area contributed by atoms with Crippen LogP contribution in [0, 0.1) is 13.8 Å². The van der Waals surface area contributed by atoms with Gasteiger partial charge in [0.1, 0.15) is 10.8 Å². The Balaban J connectivity index is 1.62. The predicted octanol–water partition coefficient (Wildman–Crippen LogP) is 7.60. The van der Waals surface area contributed by atoms with E-state index in [1.807, 2.05) is 64.1 Å². The summed E-state index contributed by atoms with van der Waals surface area (Å²) in [5.41, 5.74) is 4.46. The SMILES string of the molecule is CCCCCNC(=O)c1cc(-c2cc(Nc3ncc(Cl)c(Nc4ccccc4C)n3)c(OC(C)C)cc2C)on1. The highest BCUT2D eigenvalue weighted by Crippen LogP contribution is 2.37. The number of aromatic nitrogens is 3. The van der Waals surface area contributed by atoms with Crippen molar-refractivity contribution in [2.75, 3.05) is 17.2 Å². The average Bonchev–Trinajstić information content (AvgIpc) is 3.41. The number of hydrogen-bond donors (Lipinski definition) is 3. The van der Waals surface area contributed by atoms with Crippen molar-refractivity contribution in [1.82, 2.24) is 20.4 Å². The molecule has 2 heterocycles. The molecule has 2 aromatic heterocycles. The molecule has 4 aromatic rings. The summed E-state index contributed by atoms with van der Waals surface area (Å²) >= 11 is 6.41. The van der Waals surface area contributed by atoms with E-state index < -0.39 is 0 Å². The van der Waals surface area contributed by atoms with E-state index >= 15 is 0 Å². The summed E-state index contributed by atoms with van der Waals surface area (Å²) in [5, 5.41) is 13.8.